The topological polar surface area (TPSA) is 115 Å². The molecule has 1 aromatic heterocycles. The van der Waals surface area contributed by atoms with E-state index in [1.807, 2.05) is 0 Å². The van der Waals surface area contributed by atoms with Gasteiger partial charge in [0.25, 0.3) is 5.91 Å². The molecule has 0 aliphatic rings. The molecule has 2 aromatic carbocycles. The molecular formula is C19H15NO7. The van der Waals surface area contributed by atoms with E-state index in [2.05, 4.69) is 5.32 Å². The number of methoxy groups -OCH3 is 2. The lowest BCUT2D eigenvalue weighted by Crippen LogP contribution is -2.22. The van der Waals surface area contributed by atoms with Crippen LogP contribution in [0.25, 0.3) is 11.0 Å². The van der Waals surface area contributed by atoms with Crippen molar-refractivity contribution in [1.82, 2.24) is 0 Å². The van der Waals surface area contributed by atoms with E-state index in [-0.39, 0.29) is 28.3 Å². The summed E-state index contributed by atoms with van der Waals surface area (Å²) in [6.45, 7) is 0. The van der Waals surface area contributed by atoms with E-state index >= 15 is 0 Å². The van der Waals surface area contributed by atoms with Gasteiger partial charge in [0.05, 0.1) is 25.5 Å². The van der Waals surface area contributed by atoms with Crippen molar-refractivity contribution in [3.63, 3.8) is 0 Å². The average Bonchev–Trinajstić information content (AvgIpc) is 2.66. The molecule has 0 fully saturated rings. The van der Waals surface area contributed by atoms with Gasteiger partial charge >= 0.3 is 11.6 Å². The van der Waals surface area contributed by atoms with Gasteiger partial charge in [0.1, 0.15) is 11.1 Å². The normalized spacial score (nSPS) is 10.4. The molecule has 27 heavy (non-hydrogen) atoms. The van der Waals surface area contributed by atoms with Crippen molar-refractivity contribution in [2.24, 2.45) is 0 Å². The number of carboxylic acid groups (broad SMARTS) is 1. The Hall–Kier alpha value is -3.81. The molecule has 138 valence electrons. The molecule has 3 aromatic rings. The van der Waals surface area contributed by atoms with Crippen LogP contribution in [0.1, 0.15) is 20.7 Å². The first-order chi connectivity index (χ1) is 12.9. The van der Waals surface area contributed by atoms with Gasteiger partial charge < -0.3 is 24.3 Å². The molecule has 3 rings (SSSR count). The first-order valence-electron chi connectivity index (χ1n) is 7.78. The van der Waals surface area contributed by atoms with E-state index in [0.29, 0.717) is 11.0 Å². The van der Waals surface area contributed by atoms with E-state index in [1.54, 1.807) is 24.3 Å². The Labute approximate surface area is 152 Å². The van der Waals surface area contributed by atoms with Crippen molar-refractivity contribution in [2.45, 2.75) is 0 Å². The Balaban J connectivity index is 2.04. The molecule has 0 saturated carbocycles. The van der Waals surface area contributed by atoms with Gasteiger partial charge in [0, 0.05) is 17.5 Å². The summed E-state index contributed by atoms with van der Waals surface area (Å²) in [6, 6.07) is 10.7. The van der Waals surface area contributed by atoms with Crippen LogP contribution in [-0.4, -0.2) is 31.2 Å². The number of benzene rings is 2. The molecule has 2 N–H and O–H groups in total. The number of carboxylic acids is 1. The van der Waals surface area contributed by atoms with Crippen LogP contribution in [0.4, 0.5) is 5.69 Å². The highest BCUT2D eigenvalue weighted by Crippen LogP contribution is 2.33. The molecule has 0 aliphatic carbocycles. The number of rotatable bonds is 5. The van der Waals surface area contributed by atoms with E-state index in [1.165, 1.54) is 32.4 Å². The fourth-order valence-electron chi connectivity index (χ4n) is 2.57. The highest BCUT2D eigenvalue weighted by atomic mass is 16.5. The van der Waals surface area contributed by atoms with Crippen molar-refractivity contribution in [3.05, 3.63) is 64.0 Å². The van der Waals surface area contributed by atoms with Crippen molar-refractivity contribution in [3.8, 4) is 11.5 Å². The zero-order valence-corrected chi connectivity index (χ0v) is 14.4. The molecule has 8 nitrogen and oxygen atoms in total. The number of aromatic carboxylic acids is 1. The quantitative estimate of drug-likeness (QED) is 0.665. The first-order valence-corrected chi connectivity index (χ1v) is 7.78. The fourth-order valence-corrected chi connectivity index (χ4v) is 2.57. The van der Waals surface area contributed by atoms with Crippen molar-refractivity contribution in [2.75, 3.05) is 19.5 Å². The summed E-state index contributed by atoms with van der Waals surface area (Å²) in [5, 5.41) is 12.4. The minimum atomic E-state index is -1.28. The van der Waals surface area contributed by atoms with Crippen LogP contribution in [0, 0.1) is 0 Å². The van der Waals surface area contributed by atoms with Crippen LogP contribution in [0.15, 0.2) is 51.7 Å². The van der Waals surface area contributed by atoms with Gasteiger partial charge in [0.2, 0.25) is 0 Å². The van der Waals surface area contributed by atoms with Crippen LogP contribution in [0.5, 0.6) is 11.5 Å². The minimum Gasteiger partial charge on any atom is -0.493 e. The summed E-state index contributed by atoms with van der Waals surface area (Å²) in [5.74, 6) is -1.66. The summed E-state index contributed by atoms with van der Waals surface area (Å²) in [6.07, 6.45) is 0. The summed E-state index contributed by atoms with van der Waals surface area (Å²) in [4.78, 5) is 36.2. The molecule has 8 heteroatoms. The molecule has 0 aliphatic heterocycles. The lowest BCUT2D eigenvalue weighted by atomic mass is 10.1. The average molecular weight is 369 g/mol. The van der Waals surface area contributed by atoms with Crippen molar-refractivity contribution >= 4 is 28.5 Å². The van der Waals surface area contributed by atoms with Crippen LogP contribution in [-0.2, 0) is 0 Å². The van der Waals surface area contributed by atoms with Crippen molar-refractivity contribution in [1.29, 1.82) is 0 Å². The summed E-state index contributed by atoms with van der Waals surface area (Å²) >= 11 is 0. The standard InChI is InChI=1S/C19H15NO7/c1-25-15-8-11(18(22)23)13(9-16(15)26-2)20-17(21)12-7-10-5-3-4-6-14(10)27-19(12)24/h3-9H,1-2H3,(H,20,21)(H,22,23). The van der Waals surface area contributed by atoms with E-state index < -0.39 is 17.5 Å². The van der Waals surface area contributed by atoms with Gasteiger partial charge in [-0.05, 0) is 12.1 Å². The van der Waals surface area contributed by atoms with Gasteiger partial charge in [-0.1, -0.05) is 18.2 Å². The fraction of sp³-hybridized carbons (Fsp3) is 0.105. The van der Waals surface area contributed by atoms with Gasteiger partial charge in [-0.25, -0.2) is 9.59 Å². The third kappa shape index (κ3) is 3.45. The number of hydrogen-bond donors (Lipinski definition) is 2. The maximum Gasteiger partial charge on any atom is 0.349 e. The Morgan fingerprint density at radius 3 is 2.33 bits per heavy atom. The Morgan fingerprint density at radius 2 is 1.67 bits per heavy atom. The number of anilines is 1. The van der Waals surface area contributed by atoms with E-state index in [4.69, 9.17) is 13.9 Å². The highest BCUT2D eigenvalue weighted by Gasteiger charge is 2.20. The summed E-state index contributed by atoms with van der Waals surface area (Å²) in [7, 11) is 2.74. The second-order valence-electron chi connectivity index (χ2n) is 5.50. The molecule has 0 bridgehead atoms. The number of hydrogen-bond acceptors (Lipinski definition) is 6. The molecule has 0 radical (unpaired) electrons. The van der Waals surface area contributed by atoms with Crippen LogP contribution >= 0.6 is 0 Å². The van der Waals surface area contributed by atoms with Crippen LogP contribution in [0.2, 0.25) is 0 Å². The number of amides is 1. The SMILES string of the molecule is COc1cc(NC(=O)c2cc3ccccc3oc2=O)c(C(=O)O)cc1OC. The molecule has 1 heterocycles. The third-order valence-electron chi connectivity index (χ3n) is 3.89. The molecule has 0 atom stereocenters. The zero-order chi connectivity index (χ0) is 19.6. The number of nitrogens with one attached hydrogen (secondary N) is 1. The minimum absolute atomic E-state index is 0.0438. The molecular weight excluding hydrogens is 354 g/mol. The second-order valence-corrected chi connectivity index (χ2v) is 5.50. The number of carbonyl (C=O) groups excluding carboxylic acids is 1. The van der Waals surface area contributed by atoms with Crippen LogP contribution in [0.3, 0.4) is 0 Å². The number of para-hydroxylation sites is 1. The predicted molar refractivity (Wildman–Crippen MR) is 96.9 cm³/mol. The van der Waals surface area contributed by atoms with Gasteiger partial charge in [0.15, 0.2) is 11.5 Å². The Kier molecular flexibility index (Phi) is 4.80. The van der Waals surface area contributed by atoms with Gasteiger partial charge in [-0.3, -0.25) is 4.79 Å². The van der Waals surface area contributed by atoms with E-state index in [0.717, 1.165) is 0 Å². The number of fused-ring (bicyclic) bond motifs is 1. The number of ether oxygens (including phenoxy) is 2. The summed E-state index contributed by atoms with van der Waals surface area (Å²) < 4.78 is 15.3. The zero-order valence-electron chi connectivity index (χ0n) is 14.4. The van der Waals surface area contributed by atoms with E-state index in [9.17, 15) is 19.5 Å². The van der Waals surface area contributed by atoms with Gasteiger partial charge in [-0.15, -0.1) is 0 Å². The monoisotopic (exact) mass is 369 g/mol. The maximum atomic E-state index is 12.6. The molecule has 1 amide bonds. The maximum absolute atomic E-state index is 12.6. The molecule has 0 saturated heterocycles. The van der Waals surface area contributed by atoms with Crippen LogP contribution < -0.4 is 20.4 Å². The molecule has 0 spiro atoms. The third-order valence-corrected chi connectivity index (χ3v) is 3.89. The second kappa shape index (κ2) is 7.20. The first kappa shape index (κ1) is 18.0. The largest absolute Gasteiger partial charge is 0.493 e. The van der Waals surface area contributed by atoms with Crippen molar-refractivity contribution < 1.29 is 28.6 Å². The number of carbonyl (C=O) groups is 2. The predicted octanol–water partition coefficient (Wildman–Crippen LogP) is 2.76. The summed E-state index contributed by atoms with van der Waals surface area (Å²) in [5.41, 5.74) is -0.997. The Bertz CT molecular complexity index is 1100. The lowest BCUT2D eigenvalue weighted by Gasteiger charge is -2.13. The lowest BCUT2D eigenvalue weighted by molar-refractivity contribution is 0.0697. The molecule has 0 unspecified atom stereocenters. The smallest absolute Gasteiger partial charge is 0.349 e. The highest BCUT2D eigenvalue weighted by molar-refractivity contribution is 6.08. The Morgan fingerprint density at radius 1 is 1.00 bits per heavy atom. The van der Waals surface area contributed by atoms with Gasteiger partial charge in [-0.2, -0.15) is 0 Å².